The monoisotopic (exact) mass is 237 g/mol. The quantitative estimate of drug-likeness (QED) is 0.784. The average molecular weight is 237 g/mol. The van der Waals surface area contributed by atoms with Gasteiger partial charge in [0.25, 0.3) is 0 Å². The summed E-state index contributed by atoms with van der Waals surface area (Å²) in [5.74, 6) is 0. The van der Waals surface area contributed by atoms with Gasteiger partial charge in [-0.25, -0.2) is 0 Å². The van der Waals surface area contributed by atoms with Crippen LogP contribution in [0.1, 0.15) is 23.6 Å². The molecule has 0 radical (unpaired) electrons. The van der Waals surface area contributed by atoms with Gasteiger partial charge < -0.3 is 4.90 Å². The van der Waals surface area contributed by atoms with Crippen molar-refractivity contribution in [1.29, 1.82) is 0 Å². The third kappa shape index (κ3) is 2.01. The van der Waals surface area contributed by atoms with Crippen LogP contribution in [0.4, 0.5) is 5.69 Å². The molecule has 0 aromatic heterocycles. The second-order valence-electron chi connectivity index (χ2n) is 4.92. The summed E-state index contributed by atoms with van der Waals surface area (Å²) in [7, 11) is 0. The molecule has 0 amide bonds. The molecule has 2 aromatic carbocycles. The number of anilines is 1. The highest BCUT2D eigenvalue weighted by Crippen LogP contribution is 2.29. The molecule has 1 aliphatic rings. The third-order valence-electron chi connectivity index (χ3n) is 3.84. The summed E-state index contributed by atoms with van der Waals surface area (Å²) >= 11 is 0. The van der Waals surface area contributed by atoms with Gasteiger partial charge in [-0.1, -0.05) is 49.4 Å². The van der Waals surface area contributed by atoms with E-state index in [2.05, 4.69) is 60.4 Å². The first-order valence-corrected chi connectivity index (χ1v) is 6.78. The van der Waals surface area contributed by atoms with E-state index >= 15 is 0 Å². The van der Waals surface area contributed by atoms with Gasteiger partial charge in [-0.2, -0.15) is 0 Å². The van der Waals surface area contributed by atoms with Gasteiger partial charge in [0.1, 0.15) is 0 Å². The first kappa shape index (κ1) is 11.3. The summed E-state index contributed by atoms with van der Waals surface area (Å²) in [6.07, 6.45) is 2.30. The first-order valence-electron chi connectivity index (χ1n) is 6.78. The fraction of sp³-hybridized carbons (Fsp3) is 0.294. The zero-order chi connectivity index (χ0) is 12.4. The molecular weight excluding hydrogens is 218 g/mol. The Morgan fingerprint density at radius 1 is 0.944 bits per heavy atom. The van der Waals surface area contributed by atoms with Crippen LogP contribution in [0.5, 0.6) is 0 Å². The van der Waals surface area contributed by atoms with Gasteiger partial charge in [0.15, 0.2) is 0 Å². The van der Waals surface area contributed by atoms with E-state index in [-0.39, 0.29) is 0 Å². The number of para-hydroxylation sites is 1. The third-order valence-corrected chi connectivity index (χ3v) is 3.84. The SMILES string of the molecule is CCc1ccccc1CN1CCc2ccccc21. The Balaban J connectivity index is 1.86. The number of hydrogen-bond donors (Lipinski definition) is 0. The van der Waals surface area contributed by atoms with E-state index < -0.39 is 0 Å². The molecule has 0 N–H and O–H groups in total. The normalized spacial score (nSPS) is 13.7. The van der Waals surface area contributed by atoms with Crippen molar-refractivity contribution in [1.82, 2.24) is 0 Å². The summed E-state index contributed by atoms with van der Waals surface area (Å²) in [5.41, 5.74) is 5.86. The van der Waals surface area contributed by atoms with Crippen molar-refractivity contribution in [3.8, 4) is 0 Å². The molecule has 2 aromatic rings. The average Bonchev–Trinajstić information content (AvgIpc) is 2.83. The zero-order valence-corrected chi connectivity index (χ0v) is 10.9. The smallest absolute Gasteiger partial charge is 0.0432 e. The molecule has 0 unspecified atom stereocenters. The van der Waals surface area contributed by atoms with E-state index in [1.54, 1.807) is 0 Å². The Morgan fingerprint density at radius 2 is 1.67 bits per heavy atom. The number of benzene rings is 2. The minimum Gasteiger partial charge on any atom is -0.367 e. The molecule has 0 aliphatic carbocycles. The summed E-state index contributed by atoms with van der Waals surface area (Å²) < 4.78 is 0. The van der Waals surface area contributed by atoms with Crippen LogP contribution in [0.3, 0.4) is 0 Å². The number of hydrogen-bond acceptors (Lipinski definition) is 1. The molecule has 92 valence electrons. The maximum atomic E-state index is 2.50. The molecule has 0 spiro atoms. The lowest BCUT2D eigenvalue weighted by Crippen LogP contribution is -2.20. The highest BCUT2D eigenvalue weighted by Gasteiger charge is 2.18. The van der Waals surface area contributed by atoms with E-state index in [4.69, 9.17) is 0 Å². The van der Waals surface area contributed by atoms with Crippen molar-refractivity contribution in [2.75, 3.05) is 11.4 Å². The van der Waals surface area contributed by atoms with E-state index in [1.165, 1.54) is 28.8 Å². The van der Waals surface area contributed by atoms with Crippen LogP contribution in [-0.2, 0) is 19.4 Å². The number of aryl methyl sites for hydroxylation is 1. The highest BCUT2D eigenvalue weighted by atomic mass is 15.1. The van der Waals surface area contributed by atoms with Crippen molar-refractivity contribution in [2.45, 2.75) is 26.3 Å². The number of rotatable bonds is 3. The van der Waals surface area contributed by atoms with Gasteiger partial charge in [-0.05, 0) is 35.6 Å². The summed E-state index contributed by atoms with van der Waals surface area (Å²) in [6, 6.07) is 17.6. The minimum absolute atomic E-state index is 1.04. The number of fused-ring (bicyclic) bond motifs is 1. The van der Waals surface area contributed by atoms with E-state index in [1.807, 2.05) is 0 Å². The Morgan fingerprint density at radius 3 is 2.50 bits per heavy atom. The summed E-state index contributed by atoms with van der Waals surface area (Å²) in [6.45, 7) is 4.43. The number of nitrogens with zero attached hydrogens (tertiary/aromatic N) is 1. The van der Waals surface area contributed by atoms with Gasteiger partial charge in [-0.3, -0.25) is 0 Å². The lowest BCUT2D eigenvalue weighted by atomic mass is 10.0. The van der Waals surface area contributed by atoms with E-state index in [0.717, 1.165) is 19.5 Å². The molecule has 3 rings (SSSR count). The molecule has 18 heavy (non-hydrogen) atoms. The van der Waals surface area contributed by atoms with Crippen molar-refractivity contribution >= 4 is 5.69 Å². The van der Waals surface area contributed by atoms with Crippen LogP contribution in [0, 0.1) is 0 Å². The maximum Gasteiger partial charge on any atom is 0.0432 e. The Hall–Kier alpha value is -1.76. The van der Waals surface area contributed by atoms with Gasteiger partial charge in [0, 0.05) is 18.8 Å². The van der Waals surface area contributed by atoms with Gasteiger partial charge in [0.2, 0.25) is 0 Å². The van der Waals surface area contributed by atoms with Crippen molar-refractivity contribution in [3.05, 3.63) is 65.2 Å². The lowest BCUT2D eigenvalue weighted by molar-refractivity contribution is 0.826. The van der Waals surface area contributed by atoms with Gasteiger partial charge >= 0.3 is 0 Å². The van der Waals surface area contributed by atoms with Crippen LogP contribution < -0.4 is 4.90 Å². The second kappa shape index (κ2) is 4.85. The van der Waals surface area contributed by atoms with Crippen LogP contribution in [-0.4, -0.2) is 6.54 Å². The summed E-state index contributed by atoms with van der Waals surface area (Å²) in [5, 5.41) is 0. The lowest BCUT2D eigenvalue weighted by Gasteiger charge is -2.21. The standard InChI is InChI=1S/C17H19N/c1-2-14-7-3-4-9-16(14)13-18-12-11-15-8-5-6-10-17(15)18/h3-10H,2,11-13H2,1H3. The predicted molar refractivity (Wildman–Crippen MR) is 77.0 cm³/mol. The molecule has 0 bridgehead atoms. The largest absolute Gasteiger partial charge is 0.367 e. The van der Waals surface area contributed by atoms with Crippen LogP contribution in [0.15, 0.2) is 48.5 Å². The first-order chi connectivity index (χ1) is 8.88. The molecule has 1 heteroatoms. The Bertz CT molecular complexity index is 545. The topological polar surface area (TPSA) is 3.24 Å². The van der Waals surface area contributed by atoms with Crippen molar-refractivity contribution < 1.29 is 0 Å². The predicted octanol–water partition coefficient (Wildman–Crippen LogP) is 3.81. The van der Waals surface area contributed by atoms with Crippen LogP contribution in [0.2, 0.25) is 0 Å². The molecule has 1 nitrogen and oxygen atoms in total. The molecule has 0 atom stereocenters. The fourth-order valence-corrected chi connectivity index (χ4v) is 2.83. The zero-order valence-electron chi connectivity index (χ0n) is 10.9. The highest BCUT2D eigenvalue weighted by molar-refractivity contribution is 5.58. The van der Waals surface area contributed by atoms with E-state index in [0.29, 0.717) is 0 Å². The second-order valence-corrected chi connectivity index (χ2v) is 4.92. The molecule has 0 saturated heterocycles. The van der Waals surface area contributed by atoms with Crippen LogP contribution >= 0.6 is 0 Å². The Labute approximate surface area is 109 Å². The van der Waals surface area contributed by atoms with Crippen LogP contribution in [0.25, 0.3) is 0 Å². The van der Waals surface area contributed by atoms with Crippen molar-refractivity contribution in [2.24, 2.45) is 0 Å². The molecule has 0 saturated carbocycles. The van der Waals surface area contributed by atoms with Crippen molar-refractivity contribution in [3.63, 3.8) is 0 Å². The van der Waals surface area contributed by atoms with E-state index in [9.17, 15) is 0 Å². The molecule has 0 fully saturated rings. The molecular formula is C17H19N. The molecule has 1 aliphatic heterocycles. The van der Waals surface area contributed by atoms with Gasteiger partial charge in [0.05, 0.1) is 0 Å². The maximum absolute atomic E-state index is 2.50. The van der Waals surface area contributed by atoms with Gasteiger partial charge in [-0.15, -0.1) is 0 Å². The Kier molecular flexibility index (Phi) is 3.06. The molecule has 1 heterocycles. The minimum atomic E-state index is 1.04. The summed E-state index contributed by atoms with van der Waals surface area (Å²) in [4.78, 5) is 2.50. The fourth-order valence-electron chi connectivity index (χ4n) is 2.83.